The smallest absolute Gasteiger partial charge is 0.357 e. The number of anilines is 1. The summed E-state index contributed by atoms with van der Waals surface area (Å²) in [4.78, 5) is 4.41. The van der Waals surface area contributed by atoms with Crippen LogP contribution in [0.25, 0.3) is 11.3 Å². The van der Waals surface area contributed by atoms with Gasteiger partial charge in [-0.05, 0) is 17.7 Å². The maximum atomic E-state index is 12.6. The van der Waals surface area contributed by atoms with Gasteiger partial charge in [0.25, 0.3) is 0 Å². The molecule has 2 nitrogen and oxygen atoms in total. The van der Waals surface area contributed by atoms with Crippen LogP contribution in [0, 0.1) is 0 Å². The molecule has 1 heterocycles. The topological polar surface area (TPSA) is 24.9 Å². The second kappa shape index (κ2) is 6.42. The number of hydrogen-bond donors (Lipinski definition) is 1. The van der Waals surface area contributed by atoms with Crippen LogP contribution in [0.2, 0.25) is 0 Å². The number of nitrogens with one attached hydrogen (secondary N) is 1. The SMILES string of the molecule is FC(F)(F)c1ccc(-c2csc(NCc3ccccc3)n2)cc1. The Morgan fingerprint density at radius 1 is 0.957 bits per heavy atom. The molecule has 1 N–H and O–H groups in total. The molecule has 0 radical (unpaired) electrons. The second-order valence-corrected chi connectivity index (χ2v) is 5.81. The molecule has 0 unspecified atom stereocenters. The van der Waals surface area contributed by atoms with E-state index in [9.17, 15) is 13.2 Å². The number of nitrogens with zero attached hydrogens (tertiary/aromatic N) is 1. The van der Waals surface area contributed by atoms with Gasteiger partial charge in [0, 0.05) is 17.5 Å². The molecule has 3 aromatic rings. The van der Waals surface area contributed by atoms with E-state index in [4.69, 9.17) is 0 Å². The van der Waals surface area contributed by atoms with E-state index >= 15 is 0 Å². The number of aromatic nitrogens is 1. The number of halogens is 3. The van der Waals surface area contributed by atoms with Crippen LogP contribution in [0.15, 0.2) is 60.0 Å². The van der Waals surface area contributed by atoms with Crippen LogP contribution in [0.4, 0.5) is 18.3 Å². The van der Waals surface area contributed by atoms with Crippen molar-refractivity contribution >= 4 is 16.5 Å². The molecule has 1 aromatic heterocycles. The van der Waals surface area contributed by atoms with Gasteiger partial charge in [0.1, 0.15) is 0 Å². The summed E-state index contributed by atoms with van der Waals surface area (Å²) >= 11 is 1.43. The van der Waals surface area contributed by atoms with Crippen molar-refractivity contribution in [2.75, 3.05) is 5.32 Å². The van der Waals surface area contributed by atoms with Gasteiger partial charge in [0.2, 0.25) is 0 Å². The van der Waals surface area contributed by atoms with Crippen LogP contribution in [0.3, 0.4) is 0 Å². The fourth-order valence-electron chi connectivity index (χ4n) is 2.09. The Hall–Kier alpha value is -2.34. The van der Waals surface area contributed by atoms with Gasteiger partial charge in [-0.2, -0.15) is 13.2 Å². The molecule has 23 heavy (non-hydrogen) atoms. The van der Waals surface area contributed by atoms with E-state index in [0.717, 1.165) is 22.8 Å². The predicted octanol–water partition coefficient (Wildman–Crippen LogP) is 5.44. The lowest BCUT2D eigenvalue weighted by molar-refractivity contribution is -0.137. The average molecular weight is 334 g/mol. The minimum Gasteiger partial charge on any atom is -0.357 e. The Labute approximate surface area is 135 Å². The van der Waals surface area contributed by atoms with Gasteiger partial charge in [-0.15, -0.1) is 11.3 Å². The molecule has 0 bridgehead atoms. The average Bonchev–Trinajstić information content (AvgIpc) is 3.02. The number of alkyl halides is 3. The third kappa shape index (κ3) is 3.90. The van der Waals surface area contributed by atoms with Crippen LogP contribution in [0.5, 0.6) is 0 Å². The molecule has 0 spiro atoms. The normalized spacial score (nSPS) is 11.4. The lowest BCUT2D eigenvalue weighted by Gasteiger charge is -2.06. The predicted molar refractivity (Wildman–Crippen MR) is 86.3 cm³/mol. The Morgan fingerprint density at radius 3 is 2.30 bits per heavy atom. The van der Waals surface area contributed by atoms with Crippen molar-refractivity contribution < 1.29 is 13.2 Å². The van der Waals surface area contributed by atoms with Crippen LogP contribution < -0.4 is 5.32 Å². The first-order valence-corrected chi connectivity index (χ1v) is 7.81. The number of benzene rings is 2. The Bertz CT molecular complexity index is 765. The zero-order valence-electron chi connectivity index (χ0n) is 12.0. The van der Waals surface area contributed by atoms with Gasteiger partial charge < -0.3 is 5.32 Å². The highest BCUT2D eigenvalue weighted by Gasteiger charge is 2.30. The zero-order valence-corrected chi connectivity index (χ0v) is 12.8. The molecule has 0 fully saturated rings. The van der Waals surface area contributed by atoms with E-state index in [0.29, 0.717) is 17.8 Å². The standard InChI is InChI=1S/C17H13F3N2S/c18-17(19,20)14-8-6-13(7-9-14)15-11-23-16(22-15)21-10-12-4-2-1-3-5-12/h1-9,11H,10H2,(H,21,22). The zero-order chi connectivity index (χ0) is 16.3. The summed E-state index contributed by atoms with van der Waals surface area (Å²) in [5.74, 6) is 0. The van der Waals surface area contributed by atoms with Crippen LogP contribution >= 0.6 is 11.3 Å². The van der Waals surface area contributed by atoms with Gasteiger partial charge in [-0.25, -0.2) is 4.98 Å². The van der Waals surface area contributed by atoms with Crippen LogP contribution in [-0.2, 0) is 12.7 Å². The summed E-state index contributed by atoms with van der Waals surface area (Å²) in [5.41, 5.74) is 1.82. The van der Waals surface area contributed by atoms with E-state index in [2.05, 4.69) is 10.3 Å². The molecule has 0 amide bonds. The van der Waals surface area contributed by atoms with Crippen molar-refractivity contribution in [2.24, 2.45) is 0 Å². The van der Waals surface area contributed by atoms with E-state index in [1.807, 2.05) is 35.7 Å². The van der Waals surface area contributed by atoms with Crippen molar-refractivity contribution in [3.05, 3.63) is 71.1 Å². The van der Waals surface area contributed by atoms with Gasteiger partial charge in [0.15, 0.2) is 5.13 Å². The molecular formula is C17H13F3N2S. The quantitative estimate of drug-likeness (QED) is 0.687. The second-order valence-electron chi connectivity index (χ2n) is 4.95. The summed E-state index contributed by atoms with van der Waals surface area (Å²) in [6, 6.07) is 14.9. The van der Waals surface area contributed by atoms with Crippen molar-refractivity contribution in [3.8, 4) is 11.3 Å². The third-order valence-electron chi connectivity index (χ3n) is 3.30. The molecule has 118 valence electrons. The summed E-state index contributed by atoms with van der Waals surface area (Å²) in [5, 5.41) is 5.78. The minimum absolute atomic E-state index is 0.654. The van der Waals surface area contributed by atoms with E-state index < -0.39 is 11.7 Å². The molecule has 6 heteroatoms. The van der Waals surface area contributed by atoms with E-state index in [-0.39, 0.29) is 0 Å². The highest BCUT2D eigenvalue weighted by Crippen LogP contribution is 2.31. The molecule has 0 aliphatic rings. The summed E-state index contributed by atoms with van der Waals surface area (Å²) < 4.78 is 37.7. The van der Waals surface area contributed by atoms with Gasteiger partial charge in [-0.3, -0.25) is 0 Å². The Balaban J connectivity index is 1.69. The monoisotopic (exact) mass is 334 g/mol. The van der Waals surface area contributed by atoms with Crippen LogP contribution in [0.1, 0.15) is 11.1 Å². The first-order valence-electron chi connectivity index (χ1n) is 6.93. The fourth-order valence-corrected chi connectivity index (χ4v) is 2.81. The van der Waals surface area contributed by atoms with Gasteiger partial charge >= 0.3 is 6.18 Å². The Morgan fingerprint density at radius 2 is 1.65 bits per heavy atom. The molecular weight excluding hydrogens is 321 g/mol. The first kappa shape index (κ1) is 15.6. The lowest BCUT2D eigenvalue weighted by atomic mass is 10.1. The highest BCUT2D eigenvalue weighted by atomic mass is 32.1. The molecule has 3 rings (SSSR count). The lowest BCUT2D eigenvalue weighted by Crippen LogP contribution is -2.04. The van der Waals surface area contributed by atoms with Crippen molar-refractivity contribution in [1.82, 2.24) is 4.98 Å². The number of hydrogen-bond acceptors (Lipinski definition) is 3. The molecule has 0 atom stereocenters. The van der Waals surface area contributed by atoms with Gasteiger partial charge in [-0.1, -0.05) is 42.5 Å². The summed E-state index contributed by atoms with van der Waals surface area (Å²) in [7, 11) is 0. The summed E-state index contributed by atoms with van der Waals surface area (Å²) in [6.45, 7) is 0.654. The maximum absolute atomic E-state index is 12.6. The third-order valence-corrected chi connectivity index (χ3v) is 4.10. The van der Waals surface area contributed by atoms with Crippen molar-refractivity contribution in [1.29, 1.82) is 0 Å². The molecule has 0 aliphatic carbocycles. The van der Waals surface area contributed by atoms with Gasteiger partial charge in [0.05, 0.1) is 11.3 Å². The number of thiazole rings is 1. The highest BCUT2D eigenvalue weighted by molar-refractivity contribution is 7.14. The maximum Gasteiger partial charge on any atom is 0.416 e. The van der Waals surface area contributed by atoms with Crippen LogP contribution in [-0.4, -0.2) is 4.98 Å². The van der Waals surface area contributed by atoms with Crippen molar-refractivity contribution in [2.45, 2.75) is 12.7 Å². The van der Waals surface area contributed by atoms with E-state index in [1.165, 1.54) is 23.5 Å². The Kier molecular flexibility index (Phi) is 4.34. The molecule has 2 aromatic carbocycles. The summed E-state index contributed by atoms with van der Waals surface area (Å²) in [6.07, 6.45) is -4.32. The molecule has 0 aliphatic heterocycles. The molecule has 0 saturated carbocycles. The first-order chi connectivity index (χ1) is 11.0. The largest absolute Gasteiger partial charge is 0.416 e. The number of rotatable bonds is 4. The van der Waals surface area contributed by atoms with Crippen molar-refractivity contribution in [3.63, 3.8) is 0 Å². The van der Waals surface area contributed by atoms with E-state index in [1.54, 1.807) is 0 Å². The minimum atomic E-state index is -4.32. The fraction of sp³-hybridized carbons (Fsp3) is 0.118. The molecule has 0 saturated heterocycles.